The first kappa shape index (κ1) is 19.8. The third-order valence-electron chi connectivity index (χ3n) is 5.48. The summed E-state index contributed by atoms with van der Waals surface area (Å²) in [5.41, 5.74) is 0.453. The van der Waals surface area contributed by atoms with Crippen molar-refractivity contribution < 1.29 is 14.4 Å². The van der Waals surface area contributed by atoms with Gasteiger partial charge in [-0.1, -0.05) is 0 Å². The molecule has 1 aliphatic carbocycles. The van der Waals surface area contributed by atoms with Gasteiger partial charge in [0.1, 0.15) is 5.01 Å². The molecule has 1 aromatic heterocycles. The van der Waals surface area contributed by atoms with Gasteiger partial charge in [-0.25, -0.2) is 9.78 Å². The van der Waals surface area contributed by atoms with E-state index >= 15 is 0 Å². The van der Waals surface area contributed by atoms with Crippen LogP contribution in [0.1, 0.15) is 68.0 Å². The van der Waals surface area contributed by atoms with Crippen molar-refractivity contribution in [3.8, 4) is 0 Å². The number of aromatic nitrogens is 1. The molecule has 0 atom stereocenters. The van der Waals surface area contributed by atoms with E-state index in [4.69, 9.17) is 0 Å². The van der Waals surface area contributed by atoms with Crippen LogP contribution in [0.2, 0.25) is 0 Å². The molecule has 0 radical (unpaired) electrons. The van der Waals surface area contributed by atoms with E-state index in [0.717, 1.165) is 41.3 Å². The maximum Gasteiger partial charge on any atom is 0.315 e. The lowest BCUT2D eigenvalue weighted by Crippen LogP contribution is -2.51. The topological polar surface area (TPSA) is 91.4 Å². The molecule has 2 N–H and O–H groups in total. The Hall–Kier alpha value is -1.96. The van der Waals surface area contributed by atoms with E-state index in [1.807, 2.05) is 27.7 Å². The van der Waals surface area contributed by atoms with Crippen LogP contribution >= 0.6 is 11.3 Å². The van der Waals surface area contributed by atoms with E-state index in [-0.39, 0.29) is 29.9 Å². The van der Waals surface area contributed by atoms with Crippen LogP contribution < -0.4 is 10.6 Å². The van der Waals surface area contributed by atoms with E-state index in [1.165, 1.54) is 4.90 Å². The van der Waals surface area contributed by atoms with Crippen molar-refractivity contribution in [1.82, 2.24) is 20.5 Å². The number of aryl methyl sites for hydroxylation is 2. The van der Waals surface area contributed by atoms with Crippen molar-refractivity contribution in [2.45, 2.75) is 83.8 Å². The highest BCUT2D eigenvalue weighted by Gasteiger charge is 2.37. The normalized spacial score (nSPS) is 23.6. The van der Waals surface area contributed by atoms with E-state index in [9.17, 15) is 14.4 Å². The molecule has 2 fully saturated rings. The number of rotatable bonds is 4. The summed E-state index contributed by atoms with van der Waals surface area (Å²) in [5.74, 6) is -0.102. The van der Waals surface area contributed by atoms with Crippen LogP contribution in [0.25, 0.3) is 0 Å². The molecule has 1 saturated carbocycles. The van der Waals surface area contributed by atoms with Gasteiger partial charge in [-0.05, 0) is 53.4 Å². The van der Waals surface area contributed by atoms with E-state index in [0.29, 0.717) is 12.8 Å². The number of imide groups is 1. The van der Waals surface area contributed by atoms with Crippen molar-refractivity contribution in [1.29, 1.82) is 0 Å². The fourth-order valence-electron chi connectivity index (χ4n) is 3.78. The molecule has 8 heteroatoms. The summed E-state index contributed by atoms with van der Waals surface area (Å²) < 4.78 is 0. The second kappa shape index (κ2) is 7.58. The van der Waals surface area contributed by atoms with Crippen LogP contribution in [0.3, 0.4) is 0 Å². The highest BCUT2D eigenvalue weighted by molar-refractivity contribution is 7.11. The third kappa shape index (κ3) is 4.31. The predicted octanol–water partition coefficient (Wildman–Crippen LogP) is 2.75. The fraction of sp³-hybridized carbons (Fsp3) is 0.684. The Kier molecular flexibility index (Phi) is 5.55. The third-order valence-corrected chi connectivity index (χ3v) is 6.87. The molecule has 1 saturated heterocycles. The molecular formula is C19H28N4O3S. The molecule has 0 bridgehead atoms. The Bertz CT molecular complexity index is 715. The molecule has 0 spiro atoms. The number of amides is 4. The summed E-state index contributed by atoms with van der Waals surface area (Å²) in [6.45, 7) is 7.90. The summed E-state index contributed by atoms with van der Waals surface area (Å²) >= 11 is 1.60. The molecule has 148 valence electrons. The lowest BCUT2D eigenvalue weighted by Gasteiger charge is -2.34. The van der Waals surface area contributed by atoms with E-state index < -0.39 is 5.54 Å². The summed E-state index contributed by atoms with van der Waals surface area (Å²) in [7, 11) is 0. The number of nitrogens with zero attached hydrogens (tertiary/aromatic N) is 2. The second-order valence-electron chi connectivity index (χ2n) is 8.05. The van der Waals surface area contributed by atoms with Gasteiger partial charge in [-0.15, -0.1) is 11.3 Å². The van der Waals surface area contributed by atoms with Crippen molar-refractivity contribution in [3.05, 3.63) is 15.6 Å². The van der Waals surface area contributed by atoms with Crippen LogP contribution in [-0.4, -0.2) is 39.8 Å². The number of carbonyl (C=O) groups excluding carboxylic acids is 3. The molecule has 0 aromatic carbocycles. The maximum atomic E-state index is 12.5. The first-order chi connectivity index (χ1) is 12.7. The van der Waals surface area contributed by atoms with Crippen molar-refractivity contribution in [2.75, 3.05) is 0 Å². The molecule has 27 heavy (non-hydrogen) atoms. The SMILES string of the molecule is Cc1nc(C(C)(C)NC(=O)NC2CCC(N3C(=O)CCC3=O)CC2)sc1C. The fourth-order valence-corrected chi connectivity index (χ4v) is 4.75. The number of hydrogen-bond donors (Lipinski definition) is 2. The van der Waals surface area contributed by atoms with Crippen molar-refractivity contribution in [3.63, 3.8) is 0 Å². The van der Waals surface area contributed by atoms with Gasteiger partial charge >= 0.3 is 6.03 Å². The van der Waals surface area contributed by atoms with Gasteiger partial charge in [0.15, 0.2) is 0 Å². The summed E-state index contributed by atoms with van der Waals surface area (Å²) in [6.07, 6.45) is 3.71. The molecule has 0 unspecified atom stereocenters. The second-order valence-corrected chi connectivity index (χ2v) is 9.25. The summed E-state index contributed by atoms with van der Waals surface area (Å²) in [5, 5.41) is 6.95. The quantitative estimate of drug-likeness (QED) is 0.771. The van der Waals surface area contributed by atoms with Gasteiger partial charge in [-0.2, -0.15) is 0 Å². The number of nitrogens with one attached hydrogen (secondary N) is 2. The lowest BCUT2D eigenvalue weighted by atomic mass is 9.90. The number of carbonyl (C=O) groups is 3. The van der Waals surface area contributed by atoms with E-state index in [2.05, 4.69) is 15.6 Å². The van der Waals surface area contributed by atoms with Gasteiger partial charge in [0, 0.05) is 29.8 Å². The van der Waals surface area contributed by atoms with Crippen LogP contribution in [0.4, 0.5) is 4.79 Å². The zero-order valence-corrected chi connectivity index (χ0v) is 17.2. The Balaban J connectivity index is 1.50. The first-order valence-corrected chi connectivity index (χ1v) is 10.4. The molecule has 1 aromatic rings. The molecule has 3 rings (SSSR count). The zero-order chi connectivity index (χ0) is 19.8. The van der Waals surface area contributed by atoms with Crippen molar-refractivity contribution >= 4 is 29.2 Å². The number of hydrogen-bond acceptors (Lipinski definition) is 5. The minimum Gasteiger partial charge on any atom is -0.335 e. The van der Waals surface area contributed by atoms with Crippen LogP contribution in [0, 0.1) is 13.8 Å². The molecule has 2 heterocycles. The zero-order valence-electron chi connectivity index (χ0n) is 16.4. The Morgan fingerprint density at radius 3 is 2.22 bits per heavy atom. The summed E-state index contributed by atoms with van der Waals surface area (Å²) in [4.78, 5) is 43.4. The predicted molar refractivity (Wildman–Crippen MR) is 103 cm³/mol. The van der Waals surface area contributed by atoms with Gasteiger partial charge in [-0.3, -0.25) is 14.5 Å². The van der Waals surface area contributed by atoms with E-state index in [1.54, 1.807) is 11.3 Å². The number of urea groups is 1. The minimum absolute atomic E-state index is 0.00804. The average molecular weight is 393 g/mol. The average Bonchev–Trinajstić information content (AvgIpc) is 3.10. The Morgan fingerprint density at radius 2 is 1.70 bits per heavy atom. The molecule has 7 nitrogen and oxygen atoms in total. The minimum atomic E-state index is -0.542. The first-order valence-electron chi connectivity index (χ1n) is 9.55. The smallest absolute Gasteiger partial charge is 0.315 e. The largest absolute Gasteiger partial charge is 0.335 e. The molecular weight excluding hydrogens is 364 g/mol. The van der Waals surface area contributed by atoms with Crippen LogP contribution in [-0.2, 0) is 15.1 Å². The van der Waals surface area contributed by atoms with Gasteiger partial charge < -0.3 is 10.6 Å². The highest BCUT2D eigenvalue weighted by Crippen LogP contribution is 2.29. The lowest BCUT2D eigenvalue weighted by molar-refractivity contribution is -0.141. The van der Waals surface area contributed by atoms with Crippen molar-refractivity contribution in [2.24, 2.45) is 0 Å². The maximum absolute atomic E-state index is 12.5. The summed E-state index contributed by atoms with van der Waals surface area (Å²) in [6, 6.07) is -0.154. The standard InChI is InChI=1S/C19H28N4O3S/c1-11-12(2)27-17(20-11)19(3,4)22-18(26)21-13-5-7-14(8-6-13)23-15(24)9-10-16(23)25/h13-14H,5-10H2,1-4H3,(H2,21,22,26). The molecule has 1 aliphatic heterocycles. The number of likely N-dealkylation sites (tertiary alicyclic amines) is 1. The van der Waals surface area contributed by atoms with Gasteiger partial charge in [0.05, 0.1) is 11.2 Å². The van der Waals surface area contributed by atoms with Crippen LogP contribution in [0.5, 0.6) is 0 Å². The Morgan fingerprint density at radius 1 is 1.11 bits per heavy atom. The molecule has 4 amide bonds. The van der Waals surface area contributed by atoms with Gasteiger partial charge in [0.2, 0.25) is 11.8 Å². The monoisotopic (exact) mass is 392 g/mol. The molecule has 2 aliphatic rings. The number of thiazole rings is 1. The van der Waals surface area contributed by atoms with Crippen LogP contribution in [0.15, 0.2) is 0 Å². The highest BCUT2D eigenvalue weighted by atomic mass is 32.1. The van der Waals surface area contributed by atoms with Gasteiger partial charge in [0.25, 0.3) is 0 Å². The Labute approximate surface area is 163 Å².